The van der Waals surface area contributed by atoms with Gasteiger partial charge < -0.3 is 19.4 Å². The third-order valence-corrected chi connectivity index (χ3v) is 5.12. The molecule has 1 heterocycles. The molecule has 166 valence electrons. The quantitative estimate of drug-likeness (QED) is 0.445. The zero-order valence-corrected chi connectivity index (χ0v) is 18.8. The average molecular weight is 432 g/mol. The molecule has 0 spiro atoms. The minimum atomic E-state index is -0.195. The maximum absolute atomic E-state index is 12.6. The van der Waals surface area contributed by atoms with Crippen molar-refractivity contribution in [1.82, 2.24) is 9.88 Å². The number of ether oxygens (including phenoxy) is 2. The molecular weight excluding hydrogens is 402 g/mol. The van der Waals surface area contributed by atoms with Crippen LogP contribution in [-0.4, -0.2) is 23.7 Å². The molecule has 3 aromatic rings. The minimum absolute atomic E-state index is 0.182. The maximum atomic E-state index is 12.6. The normalized spacial score (nSPS) is 11.9. The lowest BCUT2D eigenvalue weighted by molar-refractivity contribution is -0.117. The van der Waals surface area contributed by atoms with E-state index >= 15 is 0 Å². The van der Waals surface area contributed by atoms with Crippen molar-refractivity contribution in [3.63, 3.8) is 0 Å². The van der Waals surface area contributed by atoms with Crippen molar-refractivity contribution >= 4 is 22.9 Å². The number of nitriles is 1. The fraction of sp³-hybridized carbons (Fsp3) is 0.308. The number of carbonyl (C=O) groups excluding carboxylic acids is 1. The molecule has 0 radical (unpaired) electrons. The number of benzene rings is 2. The Labute approximate surface area is 189 Å². The van der Waals surface area contributed by atoms with Crippen LogP contribution < -0.4 is 14.8 Å². The smallest absolute Gasteiger partial charge is 0.244 e. The van der Waals surface area contributed by atoms with Crippen molar-refractivity contribution in [3.05, 3.63) is 65.9 Å². The van der Waals surface area contributed by atoms with E-state index in [1.54, 1.807) is 6.08 Å². The Kier molecular flexibility index (Phi) is 7.93. The third kappa shape index (κ3) is 5.50. The number of aryl methyl sites for hydroxylation is 1. The summed E-state index contributed by atoms with van der Waals surface area (Å²) in [5, 5.41) is 13.0. The molecule has 0 saturated heterocycles. The first kappa shape index (κ1) is 23.0. The van der Waals surface area contributed by atoms with Crippen molar-refractivity contribution < 1.29 is 14.3 Å². The van der Waals surface area contributed by atoms with Gasteiger partial charge in [-0.25, -0.2) is 0 Å². The van der Waals surface area contributed by atoms with Crippen LogP contribution in [0.15, 0.2) is 54.7 Å². The molecule has 1 aromatic heterocycles. The first-order valence-corrected chi connectivity index (χ1v) is 10.9. The Bertz CT molecular complexity index is 1140. The van der Waals surface area contributed by atoms with Crippen LogP contribution in [0.25, 0.3) is 17.0 Å². The van der Waals surface area contributed by atoms with E-state index in [0.717, 1.165) is 22.0 Å². The lowest BCUT2D eigenvalue weighted by atomic mass is 10.1. The monoisotopic (exact) mass is 431 g/mol. The van der Waals surface area contributed by atoms with E-state index in [9.17, 15) is 4.79 Å². The molecule has 0 aliphatic carbocycles. The van der Waals surface area contributed by atoms with E-state index in [4.69, 9.17) is 14.7 Å². The van der Waals surface area contributed by atoms with Crippen molar-refractivity contribution in [2.24, 2.45) is 0 Å². The molecule has 0 saturated carbocycles. The van der Waals surface area contributed by atoms with Gasteiger partial charge in [0.05, 0.1) is 31.7 Å². The minimum Gasteiger partial charge on any atom is -0.490 e. The first-order valence-electron chi connectivity index (χ1n) is 10.9. The number of rotatable bonds is 10. The fourth-order valence-electron chi connectivity index (χ4n) is 3.61. The van der Waals surface area contributed by atoms with Crippen LogP contribution in [-0.2, 0) is 11.3 Å². The molecule has 0 fully saturated rings. The Morgan fingerprint density at radius 2 is 1.91 bits per heavy atom. The van der Waals surface area contributed by atoms with Crippen LogP contribution in [0.1, 0.15) is 44.4 Å². The van der Waals surface area contributed by atoms with Crippen LogP contribution in [0.4, 0.5) is 0 Å². The van der Waals surface area contributed by atoms with Crippen LogP contribution >= 0.6 is 0 Å². The van der Waals surface area contributed by atoms with Gasteiger partial charge in [0.15, 0.2) is 11.5 Å². The lowest BCUT2D eigenvalue weighted by Crippen LogP contribution is -2.24. The Morgan fingerprint density at radius 1 is 1.16 bits per heavy atom. The van der Waals surface area contributed by atoms with Gasteiger partial charge in [-0.3, -0.25) is 4.79 Å². The van der Waals surface area contributed by atoms with E-state index in [1.807, 2.05) is 80.1 Å². The molecule has 0 aliphatic rings. The van der Waals surface area contributed by atoms with Gasteiger partial charge in [-0.05, 0) is 50.6 Å². The molecule has 6 heteroatoms. The van der Waals surface area contributed by atoms with E-state index in [2.05, 4.69) is 11.4 Å². The highest BCUT2D eigenvalue weighted by atomic mass is 16.5. The average Bonchev–Trinajstić information content (AvgIpc) is 3.15. The summed E-state index contributed by atoms with van der Waals surface area (Å²) in [6.07, 6.45) is 5.78. The summed E-state index contributed by atoms with van der Waals surface area (Å²) in [4.78, 5) is 12.6. The zero-order chi connectivity index (χ0) is 22.9. The van der Waals surface area contributed by atoms with Gasteiger partial charge in [0.25, 0.3) is 0 Å². The predicted molar refractivity (Wildman–Crippen MR) is 127 cm³/mol. The van der Waals surface area contributed by atoms with Gasteiger partial charge in [-0.2, -0.15) is 5.26 Å². The molecule has 3 rings (SSSR count). The second-order valence-corrected chi connectivity index (χ2v) is 7.34. The number of hydrogen-bond acceptors (Lipinski definition) is 4. The van der Waals surface area contributed by atoms with Crippen LogP contribution in [0, 0.1) is 11.3 Å². The van der Waals surface area contributed by atoms with Crippen molar-refractivity contribution in [3.8, 4) is 17.6 Å². The van der Waals surface area contributed by atoms with Gasteiger partial charge in [-0.1, -0.05) is 24.3 Å². The molecule has 6 nitrogen and oxygen atoms in total. The molecule has 1 N–H and O–H groups in total. The summed E-state index contributed by atoms with van der Waals surface area (Å²) in [5.74, 6) is 1.19. The number of amides is 1. The summed E-state index contributed by atoms with van der Waals surface area (Å²) in [6, 6.07) is 15.7. The van der Waals surface area contributed by atoms with E-state index in [1.165, 1.54) is 0 Å². The predicted octanol–water partition coefficient (Wildman–Crippen LogP) is 5.24. The molecule has 1 amide bonds. The number of fused-ring (bicyclic) bond motifs is 1. The standard InChI is InChI=1S/C26H29N3O3/c1-4-31-24-13-11-20(17-25(24)32-5-2)19(3)28-26(30)14-12-21-18-29(16-8-15-27)23-10-7-6-9-22(21)23/h6-7,9-14,17-19H,4-5,8,16H2,1-3H3,(H,28,30)/b14-12+. The second kappa shape index (κ2) is 11.1. The van der Waals surface area contributed by atoms with Crippen LogP contribution in [0.5, 0.6) is 11.5 Å². The zero-order valence-electron chi connectivity index (χ0n) is 18.8. The molecule has 0 aliphatic heterocycles. The highest BCUT2D eigenvalue weighted by molar-refractivity contribution is 5.96. The number of hydrogen-bond donors (Lipinski definition) is 1. The largest absolute Gasteiger partial charge is 0.490 e. The fourth-order valence-corrected chi connectivity index (χ4v) is 3.61. The highest BCUT2D eigenvalue weighted by Gasteiger charge is 2.13. The first-order chi connectivity index (χ1) is 15.6. The maximum Gasteiger partial charge on any atom is 0.244 e. The molecule has 0 bridgehead atoms. The topological polar surface area (TPSA) is 76.3 Å². The lowest BCUT2D eigenvalue weighted by Gasteiger charge is -2.17. The highest BCUT2D eigenvalue weighted by Crippen LogP contribution is 2.30. The van der Waals surface area contributed by atoms with Crippen molar-refractivity contribution in [1.29, 1.82) is 5.26 Å². The number of carbonyl (C=O) groups is 1. The Balaban J connectivity index is 1.73. The molecule has 2 aromatic carbocycles. The Hall–Kier alpha value is -3.72. The molecular formula is C26H29N3O3. The van der Waals surface area contributed by atoms with E-state index in [-0.39, 0.29) is 11.9 Å². The van der Waals surface area contributed by atoms with Crippen LogP contribution in [0.3, 0.4) is 0 Å². The number of aromatic nitrogens is 1. The summed E-state index contributed by atoms with van der Waals surface area (Å²) >= 11 is 0. The van der Waals surface area contributed by atoms with Crippen molar-refractivity contribution in [2.75, 3.05) is 13.2 Å². The van der Waals surface area contributed by atoms with Crippen molar-refractivity contribution in [2.45, 2.75) is 39.8 Å². The van der Waals surface area contributed by atoms with Gasteiger partial charge in [0.2, 0.25) is 5.91 Å². The number of nitrogens with zero attached hydrogens (tertiary/aromatic N) is 2. The molecule has 1 unspecified atom stereocenters. The summed E-state index contributed by atoms with van der Waals surface area (Å²) in [6.45, 7) is 7.51. The summed E-state index contributed by atoms with van der Waals surface area (Å²) < 4.78 is 13.3. The summed E-state index contributed by atoms with van der Waals surface area (Å²) in [5.41, 5.74) is 2.93. The van der Waals surface area contributed by atoms with E-state index < -0.39 is 0 Å². The van der Waals surface area contributed by atoms with E-state index in [0.29, 0.717) is 37.7 Å². The number of nitrogens with one attached hydrogen (secondary N) is 1. The van der Waals surface area contributed by atoms with Gasteiger partial charge in [0.1, 0.15) is 0 Å². The SMILES string of the molecule is CCOc1ccc(C(C)NC(=O)/C=C/c2cn(CCC#N)c3ccccc23)cc1OCC. The number of para-hydroxylation sites is 1. The van der Waals surface area contributed by atoms with Gasteiger partial charge in [0, 0.05) is 35.3 Å². The van der Waals surface area contributed by atoms with Gasteiger partial charge in [-0.15, -0.1) is 0 Å². The molecule has 1 atom stereocenters. The Morgan fingerprint density at radius 3 is 2.66 bits per heavy atom. The third-order valence-electron chi connectivity index (χ3n) is 5.12. The summed E-state index contributed by atoms with van der Waals surface area (Å²) in [7, 11) is 0. The molecule has 32 heavy (non-hydrogen) atoms. The van der Waals surface area contributed by atoms with Crippen LogP contribution in [0.2, 0.25) is 0 Å². The second-order valence-electron chi connectivity index (χ2n) is 7.34. The van der Waals surface area contributed by atoms with Gasteiger partial charge >= 0.3 is 0 Å².